The number of nitrogens with two attached hydrogens (primary N) is 1. The van der Waals surface area contributed by atoms with Crippen LogP contribution in [0, 0.1) is 11.6 Å². The van der Waals surface area contributed by atoms with E-state index in [2.05, 4.69) is 26.4 Å². The van der Waals surface area contributed by atoms with Crippen molar-refractivity contribution in [3.63, 3.8) is 0 Å². The molecule has 0 aliphatic carbocycles. The van der Waals surface area contributed by atoms with E-state index in [0.717, 1.165) is 6.07 Å². The third-order valence-corrected chi connectivity index (χ3v) is 1.89. The number of primary amides is 1. The number of rotatable bonds is 1. The highest BCUT2D eigenvalue weighted by Crippen LogP contribution is 2.34. The van der Waals surface area contributed by atoms with E-state index in [1.54, 1.807) is 0 Å². The van der Waals surface area contributed by atoms with Crippen LogP contribution in [0.15, 0.2) is 10.5 Å². The van der Waals surface area contributed by atoms with Gasteiger partial charge in [-0.2, -0.15) is 8.78 Å². The SMILES string of the molecule is NC(=O)Oc1c(Br)cc(O)c(F)c1F. The second-order valence-corrected chi connectivity index (χ2v) is 3.11. The maximum atomic E-state index is 13.0. The van der Waals surface area contributed by atoms with E-state index in [-0.39, 0.29) is 4.47 Å². The number of benzene rings is 1. The summed E-state index contributed by atoms with van der Waals surface area (Å²) in [4.78, 5) is 10.3. The molecule has 0 saturated carbocycles. The molecule has 4 nitrogen and oxygen atoms in total. The molecule has 1 rings (SSSR count). The number of ether oxygens (including phenoxy) is 1. The van der Waals surface area contributed by atoms with Gasteiger partial charge < -0.3 is 15.6 Å². The summed E-state index contributed by atoms with van der Waals surface area (Å²) in [5, 5.41) is 8.82. The summed E-state index contributed by atoms with van der Waals surface area (Å²) in [6, 6.07) is 0.844. The van der Waals surface area contributed by atoms with Crippen LogP contribution in [0.2, 0.25) is 0 Å². The molecule has 3 N–H and O–H groups in total. The van der Waals surface area contributed by atoms with Gasteiger partial charge in [0, 0.05) is 6.07 Å². The van der Waals surface area contributed by atoms with Crippen LogP contribution in [-0.4, -0.2) is 11.2 Å². The molecule has 0 saturated heterocycles. The van der Waals surface area contributed by atoms with Crippen LogP contribution in [0.5, 0.6) is 11.5 Å². The number of hydrogen-bond acceptors (Lipinski definition) is 3. The van der Waals surface area contributed by atoms with Gasteiger partial charge in [0.2, 0.25) is 11.6 Å². The Balaban J connectivity index is 3.29. The summed E-state index contributed by atoms with van der Waals surface area (Å²) >= 11 is 2.76. The van der Waals surface area contributed by atoms with Gasteiger partial charge in [0.1, 0.15) is 0 Å². The van der Waals surface area contributed by atoms with Gasteiger partial charge in [0.15, 0.2) is 11.5 Å². The van der Waals surface area contributed by atoms with E-state index in [0.29, 0.717) is 0 Å². The fourth-order valence-corrected chi connectivity index (χ4v) is 1.23. The molecular formula is C7H4BrF2NO3. The van der Waals surface area contributed by atoms with Gasteiger partial charge in [-0.3, -0.25) is 0 Å². The number of aromatic hydroxyl groups is 1. The van der Waals surface area contributed by atoms with Crippen LogP contribution in [0.4, 0.5) is 13.6 Å². The molecule has 14 heavy (non-hydrogen) atoms. The lowest BCUT2D eigenvalue weighted by atomic mass is 10.3. The zero-order chi connectivity index (χ0) is 10.9. The predicted octanol–water partition coefficient (Wildman–Crippen LogP) is 1.89. The highest BCUT2D eigenvalue weighted by Gasteiger charge is 2.19. The predicted molar refractivity (Wildman–Crippen MR) is 45.9 cm³/mol. The number of carbonyl (C=O) groups is 1. The van der Waals surface area contributed by atoms with Crippen LogP contribution in [0.25, 0.3) is 0 Å². The maximum absolute atomic E-state index is 13.0. The average molecular weight is 268 g/mol. The van der Waals surface area contributed by atoms with Gasteiger partial charge in [0.05, 0.1) is 4.47 Å². The summed E-state index contributed by atoms with van der Waals surface area (Å²) in [5.41, 5.74) is 4.62. The summed E-state index contributed by atoms with van der Waals surface area (Å²) in [6.07, 6.45) is -1.28. The summed E-state index contributed by atoms with van der Waals surface area (Å²) in [5.74, 6) is -4.60. The van der Waals surface area contributed by atoms with Crippen LogP contribution in [-0.2, 0) is 0 Å². The Bertz CT molecular complexity index is 397. The molecule has 76 valence electrons. The van der Waals surface area contributed by atoms with Gasteiger partial charge in [-0.15, -0.1) is 0 Å². The minimum Gasteiger partial charge on any atom is -0.505 e. The fourth-order valence-electron chi connectivity index (χ4n) is 0.760. The van der Waals surface area contributed by atoms with Crippen molar-refractivity contribution in [2.45, 2.75) is 0 Å². The molecule has 0 heterocycles. The van der Waals surface area contributed by atoms with Gasteiger partial charge >= 0.3 is 6.09 Å². The zero-order valence-corrected chi connectivity index (χ0v) is 8.14. The first-order valence-corrected chi connectivity index (χ1v) is 4.06. The average Bonchev–Trinajstić information content (AvgIpc) is 2.09. The normalized spacial score (nSPS) is 9.93. The molecule has 0 bridgehead atoms. The van der Waals surface area contributed by atoms with Crippen LogP contribution in [0.3, 0.4) is 0 Å². The first kappa shape index (κ1) is 10.7. The summed E-state index contributed by atoms with van der Waals surface area (Å²) < 4.78 is 29.8. The lowest BCUT2D eigenvalue weighted by molar-refractivity contribution is 0.207. The number of hydrogen-bond donors (Lipinski definition) is 2. The van der Waals surface area contributed by atoms with Crippen LogP contribution in [0.1, 0.15) is 0 Å². The van der Waals surface area contributed by atoms with Crippen molar-refractivity contribution in [1.82, 2.24) is 0 Å². The fraction of sp³-hybridized carbons (Fsp3) is 0. The zero-order valence-electron chi connectivity index (χ0n) is 6.55. The summed E-state index contributed by atoms with van der Waals surface area (Å²) in [7, 11) is 0. The van der Waals surface area contributed by atoms with Gasteiger partial charge in [-0.05, 0) is 15.9 Å². The largest absolute Gasteiger partial charge is 0.505 e. The molecule has 0 fully saturated rings. The van der Waals surface area contributed by atoms with Crippen molar-refractivity contribution in [1.29, 1.82) is 0 Å². The van der Waals surface area contributed by atoms with Crippen LogP contribution < -0.4 is 10.5 Å². The Labute approximate surface area is 85.4 Å². The lowest BCUT2D eigenvalue weighted by Crippen LogP contribution is -2.17. The standard InChI is InChI=1S/C7H4BrF2NO3/c8-2-1-3(12)4(9)5(10)6(2)14-7(11)13/h1,12H,(H2,11,13). The first-order chi connectivity index (χ1) is 6.43. The molecule has 7 heteroatoms. The molecule has 0 radical (unpaired) electrons. The van der Waals surface area contributed by atoms with E-state index in [1.807, 2.05) is 0 Å². The third-order valence-electron chi connectivity index (χ3n) is 1.30. The number of amides is 1. The molecule has 0 aliphatic heterocycles. The Kier molecular flexibility index (Phi) is 2.90. The molecule has 0 atom stereocenters. The summed E-state index contributed by atoms with van der Waals surface area (Å²) in [6.45, 7) is 0. The second kappa shape index (κ2) is 3.79. The number of phenols is 1. The van der Waals surface area contributed by atoms with Crippen molar-refractivity contribution in [3.05, 3.63) is 22.2 Å². The second-order valence-electron chi connectivity index (χ2n) is 2.26. The minimum atomic E-state index is -1.51. The first-order valence-electron chi connectivity index (χ1n) is 3.27. The number of carbonyl (C=O) groups excluding carboxylic acids is 1. The van der Waals surface area contributed by atoms with E-state index in [1.165, 1.54) is 0 Å². The highest BCUT2D eigenvalue weighted by molar-refractivity contribution is 9.10. The van der Waals surface area contributed by atoms with Crippen molar-refractivity contribution in [2.24, 2.45) is 5.73 Å². The lowest BCUT2D eigenvalue weighted by Gasteiger charge is -2.06. The minimum absolute atomic E-state index is 0.118. The number of phenolic OH excluding ortho intramolecular Hbond substituents is 1. The van der Waals surface area contributed by atoms with Crippen molar-refractivity contribution in [3.8, 4) is 11.5 Å². The van der Waals surface area contributed by atoms with E-state index in [4.69, 9.17) is 5.11 Å². The van der Waals surface area contributed by atoms with Gasteiger partial charge in [0.25, 0.3) is 0 Å². The Morgan fingerprint density at radius 3 is 2.57 bits per heavy atom. The number of halogens is 3. The smallest absolute Gasteiger partial charge is 0.410 e. The molecule has 1 aromatic rings. The van der Waals surface area contributed by atoms with E-state index < -0.39 is 29.2 Å². The van der Waals surface area contributed by atoms with Crippen LogP contribution >= 0.6 is 15.9 Å². The van der Waals surface area contributed by atoms with Gasteiger partial charge in [-0.25, -0.2) is 4.79 Å². The molecule has 1 amide bonds. The maximum Gasteiger partial charge on any atom is 0.410 e. The Hall–Kier alpha value is -1.37. The van der Waals surface area contributed by atoms with Crippen molar-refractivity contribution in [2.75, 3.05) is 0 Å². The third kappa shape index (κ3) is 1.92. The Morgan fingerprint density at radius 1 is 1.50 bits per heavy atom. The van der Waals surface area contributed by atoms with E-state index in [9.17, 15) is 13.6 Å². The topological polar surface area (TPSA) is 72.6 Å². The molecule has 0 spiro atoms. The quantitative estimate of drug-likeness (QED) is 0.764. The van der Waals surface area contributed by atoms with E-state index >= 15 is 0 Å². The highest BCUT2D eigenvalue weighted by atomic mass is 79.9. The molecule has 0 aromatic heterocycles. The monoisotopic (exact) mass is 267 g/mol. The molecule has 0 unspecified atom stereocenters. The molecular weight excluding hydrogens is 264 g/mol. The molecule has 1 aromatic carbocycles. The molecule has 0 aliphatic rings. The Morgan fingerprint density at radius 2 is 2.07 bits per heavy atom. The van der Waals surface area contributed by atoms with Crippen molar-refractivity contribution < 1.29 is 23.4 Å². The van der Waals surface area contributed by atoms with Gasteiger partial charge in [-0.1, -0.05) is 0 Å². The van der Waals surface area contributed by atoms with Crippen molar-refractivity contribution >= 4 is 22.0 Å².